The predicted octanol–water partition coefficient (Wildman–Crippen LogP) is 4.89. The molecule has 0 spiro atoms. The molecule has 1 N–H and O–H groups in total. The number of hydrogen-bond acceptors (Lipinski definition) is 3. The molecule has 0 bridgehead atoms. The van der Waals surface area contributed by atoms with E-state index in [1.807, 2.05) is 25.1 Å². The van der Waals surface area contributed by atoms with Crippen LogP contribution in [0.2, 0.25) is 5.02 Å². The first-order chi connectivity index (χ1) is 9.06. The first-order valence-corrected chi connectivity index (χ1v) is 7.49. The molecule has 0 aliphatic carbocycles. The Labute approximate surface area is 123 Å². The highest BCUT2D eigenvalue weighted by molar-refractivity contribution is 7.99. The number of rotatable bonds is 5. The Morgan fingerprint density at radius 1 is 1.26 bits per heavy atom. The summed E-state index contributed by atoms with van der Waals surface area (Å²) in [5.74, 6) is 0.947. The van der Waals surface area contributed by atoms with Crippen LogP contribution in [0.1, 0.15) is 25.2 Å². The molecule has 0 fully saturated rings. The Balaban J connectivity index is 2.21. The molecule has 0 atom stereocenters. The second-order valence-electron chi connectivity index (χ2n) is 4.73. The van der Waals surface area contributed by atoms with Gasteiger partial charge >= 0.3 is 0 Å². The minimum Gasteiger partial charge on any atom is -0.468 e. The molecular formula is C15H18ClNOS. The summed E-state index contributed by atoms with van der Waals surface area (Å²) in [6.45, 7) is 7.07. The average Bonchev–Trinajstić information content (AvgIpc) is 2.75. The number of benzene rings is 1. The van der Waals surface area contributed by atoms with E-state index in [0.29, 0.717) is 6.04 Å². The Kier molecular flexibility index (Phi) is 4.97. The molecule has 0 radical (unpaired) electrons. The second-order valence-corrected chi connectivity index (χ2v) is 6.25. The molecule has 0 amide bonds. The summed E-state index contributed by atoms with van der Waals surface area (Å²) in [6.07, 6.45) is 1.72. The highest BCUT2D eigenvalue weighted by atomic mass is 35.5. The van der Waals surface area contributed by atoms with E-state index < -0.39 is 0 Å². The number of aryl methyl sites for hydroxylation is 1. The van der Waals surface area contributed by atoms with Gasteiger partial charge in [0.25, 0.3) is 0 Å². The van der Waals surface area contributed by atoms with E-state index in [2.05, 4.69) is 25.2 Å². The van der Waals surface area contributed by atoms with E-state index in [1.165, 1.54) is 10.5 Å². The van der Waals surface area contributed by atoms with Gasteiger partial charge in [0, 0.05) is 22.5 Å². The van der Waals surface area contributed by atoms with Gasteiger partial charge in [0.2, 0.25) is 0 Å². The SMILES string of the molecule is Cc1occc1Sc1ccc(Cl)cc1CNC(C)C. The fraction of sp³-hybridized carbons (Fsp3) is 0.333. The van der Waals surface area contributed by atoms with E-state index in [0.717, 1.165) is 22.2 Å². The molecule has 0 aliphatic heterocycles. The Bertz CT molecular complexity index is 551. The molecule has 19 heavy (non-hydrogen) atoms. The van der Waals surface area contributed by atoms with Gasteiger partial charge in [0.05, 0.1) is 11.2 Å². The van der Waals surface area contributed by atoms with Gasteiger partial charge in [-0.3, -0.25) is 0 Å². The van der Waals surface area contributed by atoms with Gasteiger partial charge in [-0.2, -0.15) is 0 Å². The van der Waals surface area contributed by atoms with E-state index in [1.54, 1.807) is 18.0 Å². The molecular weight excluding hydrogens is 278 g/mol. The molecule has 4 heteroatoms. The van der Waals surface area contributed by atoms with Gasteiger partial charge < -0.3 is 9.73 Å². The van der Waals surface area contributed by atoms with Crippen molar-refractivity contribution >= 4 is 23.4 Å². The van der Waals surface area contributed by atoms with Gasteiger partial charge in [-0.05, 0) is 36.8 Å². The molecule has 0 saturated heterocycles. The summed E-state index contributed by atoms with van der Waals surface area (Å²) < 4.78 is 5.34. The fourth-order valence-electron chi connectivity index (χ4n) is 1.70. The normalized spacial score (nSPS) is 11.2. The number of hydrogen-bond donors (Lipinski definition) is 1. The quantitative estimate of drug-likeness (QED) is 0.850. The third kappa shape index (κ3) is 4.03. The van der Waals surface area contributed by atoms with Crippen LogP contribution in [0.5, 0.6) is 0 Å². The van der Waals surface area contributed by atoms with Crippen molar-refractivity contribution in [3.8, 4) is 0 Å². The van der Waals surface area contributed by atoms with Gasteiger partial charge in [-0.15, -0.1) is 0 Å². The minimum atomic E-state index is 0.451. The standard InChI is InChI=1S/C15H18ClNOS/c1-10(2)17-9-12-8-13(16)4-5-15(12)19-14-6-7-18-11(14)3/h4-8,10,17H,9H2,1-3H3. The van der Waals surface area contributed by atoms with E-state index in [4.69, 9.17) is 16.0 Å². The number of halogens is 1. The van der Waals surface area contributed by atoms with Crippen molar-refractivity contribution < 1.29 is 4.42 Å². The lowest BCUT2D eigenvalue weighted by atomic mass is 10.2. The summed E-state index contributed by atoms with van der Waals surface area (Å²) in [6, 6.07) is 8.46. The van der Waals surface area contributed by atoms with Crippen molar-refractivity contribution in [1.82, 2.24) is 5.32 Å². The highest BCUT2D eigenvalue weighted by Crippen LogP contribution is 2.34. The second kappa shape index (κ2) is 6.51. The topological polar surface area (TPSA) is 25.2 Å². The average molecular weight is 296 g/mol. The molecule has 2 rings (SSSR count). The largest absolute Gasteiger partial charge is 0.468 e. The molecule has 1 heterocycles. The first-order valence-electron chi connectivity index (χ1n) is 6.30. The van der Waals surface area contributed by atoms with Crippen LogP contribution in [0.4, 0.5) is 0 Å². The smallest absolute Gasteiger partial charge is 0.114 e. The van der Waals surface area contributed by atoms with Crippen molar-refractivity contribution in [1.29, 1.82) is 0 Å². The van der Waals surface area contributed by atoms with Gasteiger partial charge in [-0.1, -0.05) is 37.2 Å². The van der Waals surface area contributed by atoms with E-state index in [-0.39, 0.29) is 0 Å². The van der Waals surface area contributed by atoms with Crippen LogP contribution in [0.3, 0.4) is 0 Å². The monoisotopic (exact) mass is 295 g/mol. The zero-order valence-electron chi connectivity index (χ0n) is 11.4. The summed E-state index contributed by atoms with van der Waals surface area (Å²) in [5, 5.41) is 4.20. The summed E-state index contributed by atoms with van der Waals surface area (Å²) in [7, 11) is 0. The van der Waals surface area contributed by atoms with Gasteiger partial charge in [0.1, 0.15) is 5.76 Å². The van der Waals surface area contributed by atoms with Gasteiger partial charge in [-0.25, -0.2) is 0 Å². The molecule has 0 unspecified atom stereocenters. The third-order valence-electron chi connectivity index (χ3n) is 2.75. The Morgan fingerprint density at radius 3 is 2.68 bits per heavy atom. The van der Waals surface area contributed by atoms with Crippen molar-refractivity contribution in [3.63, 3.8) is 0 Å². The lowest BCUT2D eigenvalue weighted by Gasteiger charge is -2.12. The molecule has 1 aromatic heterocycles. The fourth-order valence-corrected chi connectivity index (χ4v) is 2.84. The summed E-state index contributed by atoms with van der Waals surface area (Å²) in [5.41, 5.74) is 1.21. The maximum absolute atomic E-state index is 6.09. The van der Waals surface area contributed by atoms with E-state index in [9.17, 15) is 0 Å². The van der Waals surface area contributed by atoms with Crippen LogP contribution in [-0.2, 0) is 6.54 Å². The van der Waals surface area contributed by atoms with Gasteiger partial charge in [0.15, 0.2) is 0 Å². The summed E-state index contributed by atoms with van der Waals surface area (Å²) in [4.78, 5) is 2.36. The zero-order valence-corrected chi connectivity index (χ0v) is 12.9. The van der Waals surface area contributed by atoms with Crippen molar-refractivity contribution in [2.75, 3.05) is 0 Å². The zero-order chi connectivity index (χ0) is 13.8. The molecule has 2 nitrogen and oxygen atoms in total. The number of furan rings is 1. The predicted molar refractivity (Wildman–Crippen MR) is 81.0 cm³/mol. The summed E-state index contributed by atoms with van der Waals surface area (Å²) >= 11 is 7.81. The van der Waals surface area contributed by atoms with Crippen LogP contribution < -0.4 is 5.32 Å². The van der Waals surface area contributed by atoms with Crippen molar-refractivity contribution in [3.05, 3.63) is 46.9 Å². The highest BCUT2D eigenvalue weighted by Gasteiger charge is 2.09. The Hall–Kier alpha value is -0.900. The molecule has 2 aromatic rings. The van der Waals surface area contributed by atoms with E-state index >= 15 is 0 Å². The van der Waals surface area contributed by atoms with Crippen LogP contribution in [0, 0.1) is 6.92 Å². The Morgan fingerprint density at radius 2 is 2.05 bits per heavy atom. The number of nitrogens with one attached hydrogen (secondary N) is 1. The van der Waals surface area contributed by atoms with Crippen molar-refractivity contribution in [2.45, 2.75) is 43.1 Å². The van der Waals surface area contributed by atoms with Crippen LogP contribution in [0.25, 0.3) is 0 Å². The lowest BCUT2D eigenvalue weighted by molar-refractivity contribution is 0.527. The lowest BCUT2D eigenvalue weighted by Crippen LogP contribution is -2.22. The maximum Gasteiger partial charge on any atom is 0.114 e. The van der Waals surface area contributed by atoms with Crippen LogP contribution in [0.15, 0.2) is 44.7 Å². The van der Waals surface area contributed by atoms with Crippen molar-refractivity contribution in [2.24, 2.45) is 0 Å². The maximum atomic E-state index is 6.09. The minimum absolute atomic E-state index is 0.451. The molecule has 102 valence electrons. The van der Waals surface area contributed by atoms with Crippen LogP contribution in [-0.4, -0.2) is 6.04 Å². The molecule has 1 aromatic carbocycles. The first kappa shape index (κ1) is 14.5. The molecule has 0 aliphatic rings. The molecule has 0 saturated carbocycles. The third-order valence-corrected chi connectivity index (χ3v) is 4.25. The van der Waals surface area contributed by atoms with Crippen LogP contribution >= 0.6 is 23.4 Å².